The lowest BCUT2D eigenvalue weighted by Crippen LogP contribution is -2.11. The Morgan fingerprint density at radius 3 is 2.76 bits per heavy atom. The van der Waals surface area contributed by atoms with Gasteiger partial charge in [0.1, 0.15) is 11.5 Å². The SMILES string of the molecule is Cc1nc(-c2nc(N)c3c(n2)CCCC3)cs1. The third-order valence-electron chi connectivity index (χ3n) is 3.06. The fourth-order valence-electron chi connectivity index (χ4n) is 2.20. The molecule has 5 heteroatoms. The molecule has 0 atom stereocenters. The molecule has 0 aromatic carbocycles. The standard InChI is InChI=1S/C12H14N4S/c1-7-14-10(6-17-7)12-15-9-5-3-2-4-8(9)11(13)16-12/h6H,2-5H2,1H3,(H2,13,15,16). The minimum atomic E-state index is 0.635. The molecule has 0 fully saturated rings. The number of nitrogens with zero attached hydrogens (tertiary/aromatic N) is 3. The number of aryl methyl sites for hydroxylation is 2. The summed E-state index contributed by atoms with van der Waals surface area (Å²) in [5.74, 6) is 1.31. The number of hydrogen-bond donors (Lipinski definition) is 1. The van der Waals surface area contributed by atoms with Gasteiger partial charge in [-0.25, -0.2) is 15.0 Å². The van der Waals surface area contributed by atoms with Gasteiger partial charge in [-0.3, -0.25) is 0 Å². The molecule has 2 N–H and O–H groups in total. The van der Waals surface area contributed by atoms with E-state index in [0.29, 0.717) is 11.6 Å². The smallest absolute Gasteiger partial charge is 0.181 e. The summed E-state index contributed by atoms with van der Waals surface area (Å²) < 4.78 is 0. The van der Waals surface area contributed by atoms with E-state index in [4.69, 9.17) is 5.73 Å². The zero-order valence-corrected chi connectivity index (χ0v) is 10.5. The molecule has 0 amide bonds. The molecule has 1 aliphatic rings. The number of fused-ring (bicyclic) bond motifs is 1. The number of nitrogens with two attached hydrogens (primary N) is 1. The summed E-state index contributed by atoms with van der Waals surface area (Å²) in [6.45, 7) is 1.98. The van der Waals surface area contributed by atoms with Crippen molar-refractivity contribution < 1.29 is 0 Å². The minimum absolute atomic E-state index is 0.635. The fourth-order valence-corrected chi connectivity index (χ4v) is 2.80. The van der Waals surface area contributed by atoms with Crippen LogP contribution in [0.15, 0.2) is 5.38 Å². The lowest BCUT2D eigenvalue weighted by molar-refractivity contribution is 0.665. The van der Waals surface area contributed by atoms with E-state index in [-0.39, 0.29) is 0 Å². The van der Waals surface area contributed by atoms with E-state index in [1.165, 1.54) is 12.8 Å². The summed E-state index contributed by atoms with van der Waals surface area (Å²) in [6.07, 6.45) is 4.41. The molecule has 88 valence electrons. The third kappa shape index (κ3) is 1.91. The van der Waals surface area contributed by atoms with E-state index >= 15 is 0 Å². The van der Waals surface area contributed by atoms with Crippen molar-refractivity contribution in [3.63, 3.8) is 0 Å². The van der Waals surface area contributed by atoms with E-state index < -0.39 is 0 Å². The quantitative estimate of drug-likeness (QED) is 0.839. The van der Waals surface area contributed by atoms with Crippen LogP contribution in [0, 0.1) is 6.92 Å². The van der Waals surface area contributed by atoms with Crippen molar-refractivity contribution in [2.45, 2.75) is 32.6 Å². The van der Waals surface area contributed by atoms with Gasteiger partial charge in [0.25, 0.3) is 0 Å². The van der Waals surface area contributed by atoms with Crippen LogP contribution in [-0.2, 0) is 12.8 Å². The molecular weight excluding hydrogens is 232 g/mol. The van der Waals surface area contributed by atoms with Crippen molar-refractivity contribution in [2.24, 2.45) is 0 Å². The number of rotatable bonds is 1. The zero-order chi connectivity index (χ0) is 11.8. The average Bonchev–Trinajstić information content (AvgIpc) is 2.76. The molecule has 2 heterocycles. The molecule has 1 aliphatic carbocycles. The third-order valence-corrected chi connectivity index (χ3v) is 3.84. The molecular formula is C12H14N4S. The highest BCUT2D eigenvalue weighted by Crippen LogP contribution is 2.27. The van der Waals surface area contributed by atoms with Gasteiger partial charge in [-0.1, -0.05) is 0 Å². The predicted molar refractivity (Wildman–Crippen MR) is 68.9 cm³/mol. The Kier molecular flexibility index (Phi) is 2.55. The molecule has 17 heavy (non-hydrogen) atoms. The van der Waals surface area contributed by atoms with Crippen LogP contribution < -0.4 is 5.73 Å². The van der Waals surface area contributed by atoms with Crippen molar-refractivity contribution in [1.29, 1.82) is 0 Å². The normalized spacial score (nSPS) is 14.6. The van der Waals surface area contributed by atoms with Crippen molar-refractivity contribution in [2.75, 3.05) is 5.73 Å². The lowest BCUT2D eigenvalue weighted by atomic mass is 9.96. The van der Waals surface area contributed by atoms with Gasteiger partial charge in [0, 0.05) is 16.6 Å². The molecule has 2 aromatic rings. The second-order valence-electron chi connectivity index (χ2n) is 4.32. The molecule has 0 unspecified atom stereocenters. The summed E-state index contributed by atoms with van der Waals surface area (Å²) in [5, 5.41) is 3.01. The van der Waals surface area contributed by atoms with E-state index in [0.717, 1.165) is 34.8 Å². The number of anilines is 1. The van der Waals surface area contributed by atoms with Gasteiger partial charge in [0.05, 0.1) is 5.01 Å². The Morgan fingerprint density at radius 1 is 1.18 bits per heavy atom. The van der Waals surface area contributed by atoms with Gasteiger partial charge < -0.3 is 5.73 Å². The first-order chi connectivity index (χ1) is 8.24. The highest BCUT2D eigenvalue weighted by Gasteiger charge is 2.17. The van der Waals surface area contributed by atoms with Crippen LogP contribution in [-0.4, -0.2) is 15.0 Å². The highest BCUT2D eigenvalue weighted by molar-refractivity contribution is 7.09. The molecule has 0 saturated carbocycles. The number of aromatic nitrogens is 3. The molecule has 0 radical (unpaired) electrons. The number of nitrogen functional groups attached to an aromatic ring is 1. The maximum Gasteiger partial charge on any atom is 0.181 e. The Labute approximate surface area is 104 Å². The van der Waals surface area contributed by atoms with Crippen LogP contribution in [0.3, 0.4) is 0 Å². The maximum atomic E-state index is 6.01. The van der Waals surface area contributed by atoms with Crippen molar-refractivity contribution >= 4 is 17.2 Å². The average molecular weight is 246 g/mol. The monoisotopic (exact) mass is 246 g/mol. The minimum Gasteiger partial charge on any atom is -0.383 e. The van der Waals surface area contributed by atoms with E-state index in [1.54, 1.807) is 11.3 Å². The second-order valence-corrected chi connectivity index (χ2v) is 5.38. The molecule has 0 spiro atoms. The molecule has 2 aromatic heterocycles. The summed E-state index contributed by atoms with van der Waals surface area (Å²) in [6, 6.07) is 0. The molecule has 0 aliphatic heterocycles. The molecule has 4 nitrogen and oxygen atoms in total. The molecule has 3 rings (SSSR count). The first kappa shape index (κ1) is 10.7. The summed E-state index contributed by atoms with van der Waals surface area (Å²) in [7, 11) is 0. The van der Waals surface area contributed by atoms with E-state index in [1.807, 2.05) is 12.3 Å². The predicted octanol–water partition coefficient (Wildman–Crippen LogP) is 2.37. The van der Waals surface area contributed by atoms with Crippen molar-refractivity contribution in [3.8, 4) is 11.5 Å². The van der Waals surface area contributed by atoms with Gasteiger partial charge in [-0.2, -0.15) is 0 Å². The number of thiazole rings is 1. The lowest BCUT2D eigenvalue weighted by Gasteiger charge is -2.16. The second kappa shape index (κ2) is 4.07. The van der Waals surface area contributed by atoms with E-state index in [9.17, 15) is 0 Å². The van der Waals surface area contributed by atoms with Crippen LogP contribution in [0.2, 0.25) is 0 Å². The first-order valence-corrected chi connectivity index (χ1v) is 6.70. The highest BCUT2D eigenvalue weighted by atomic mass is 32.1. The van der Waals surface area contributed by atoms with Gasteiger partial charge in [0.15, 0.2) is 5.82 Å². The van der Waals surface area contributed by atoms with Gasteiger partial charge in [0.2, 0.25) is 0 Å². The van der Waals surface area contributed by atoms with Crippen LogP contribution >= 0.6 is 11.3 Å². The van der Waals surface area contributed by atoms with Crippen molar-refractivity contribution in [3.05, 3.63) is 21.6 Å². The fraction of sp³-hybridized carbons (Fsp3) is 0.417. The van der Waals surface area contributed by atoms with E-state index in [2.05, 4.69) is 15.0 Å². The summed E-state index contributed by atoms with van der Waals surface area (Å²) >= 11 is 1.61. The van der Waals surface area contributed by atoms with Crippen molar-refractivity contribution in [1.82, 2.24) is 15.0 Å². The van der Waals surface area contributed by atoms with Crippen LogP contribution in [0.25, 0.3) is 11.5 Å². The van der Waals surface area contributed by atoms with Crippen LogP contribution in [0.4, 0.5) is 5.82 Å². The first-order valence-electron chi connectivity index (χ1n) is 5.82. The Morgan fingerprint density at radius 2 is 2.00 bits per heavy atom. The van der Waals surface area contributed by atoms with Gasteiger partial charge in [-0.15, -0.1) is 11.3 Å². The number of hydrogen-bond acceptors (Lipinski definition) is 5. The Balaban J connectivity index is 2.10. The Bertz CT molecular complexity index is 562. The van der Waals surface area contributed by atoms with Crippen LogP contribution in [0.1, 0.15) is 29.1 Å². The van der Waals surface area contributed by atoms with Gasteiger partial charge in [-0.05, 0) is 32.6 Å². The Hall–Kier alpha value is -1.49. The largest absolute Gasteiger partial charge is 0.383 e. The maximum absolute atomic E-state index is 6.01. The van der Waals surface area contributed by atoms with Crippen LogP contribution in [0.5, 0.6) is 0 Å². The topological polar surface area (TPSA) is 64.7 Å². The van der Waals surface area contributed by atoms with Gasteiger partial charge >= 0.3 is 0 Å². The summed E-state index contributed by atoms with van der Waals surface area (Å²) in [4.78, 5) is 13.4. The molecule has 0 bridgehead atoms. The zero-order valence-electron chi connectivity index (χ0n) is 9.73. The molecule has 0 saturated heterocycles. The summed E-state index contributed by atoms with van der Waals surface area (Å²) in [5.41, 5.74) is 9.11.